The highest BCUT2D eigenvalue weighted by molar-refractivity contribution is 9.09. The normalized spacial score (nSPS) is 11.9. The van der Waals surface area contributed by atoms with Crippen molar-refractivity contribution in [2.45, 2.75) is 24.2 Å². The number of alkyl halides is 1. The summed E-state index contributed by atoms with van der Waals surface area (Å²) in [5, 5.41) is 0.964. The van der Waals surface area contributed by atoms with E-state index in [1.165, 1.54) is 10.5 Å². The molecule has 0 radical (unpaired) electrons. The molecule has 0 aliphatic carbocycles. The lowest BCUT2D eigenvalue weighted by atomic mass is 10.2. The molecule has 1 aromatic rings. The van der Waals surface area contributed by atoms with E-state index < -0.39 is 10.0 Å². The van der Waals surface area contributed by atoms with E-state index in [0.29, 0.717) is 6.54 Å². The predicted molar refractivity (Wildman–Crippen MR) is 71.7 cm³/mol. The fraction of sp³-hybridized carbons (Fsp3) is 0.545. The van der Waals surface area contributed by atoms with Crippen molar-refractivity contribution < 1.29 is 8.42 Å². The molecule has 0 saturated carbocycles. The first-order chi connectivity index (χ1) is 8.09. The molecule has 0 aliphatic rings. The van der Waals surface area contributed by atoms with E-state index in [9.17, 15) is 8.42 Å². The van der Waals surface area contributed by atoms with Gasteiger partial charge in [-0.25, -0.2) is 12.7 Å². The van der Waals surface area contributed by atoms with Crippen LogP contribution in [0.25, 0.3) is 0 Å². The molecule has 0 aliphatic heterocycles. The van der Waals surface area contributed by atoms with E-state index in [4.69, 9.17) is 0 Å². The van der Waals surface area contributed by atoms with E-state index in [0.717, 1.165) is 24.6 Å². The second kappa shape index (κ2) is 7.08. The summed E-state index contributed by atoms with van der Waals surface area (Å²) in [5.41, 5.74) is 0. The molecule has 1 heterocycles. The Labute approximate surface area is 111 Å². The Balaban J connectivity index is 2.59. The number of nitrogens with zero attached hydrogens (tertiary/aromatic N) is 2. The third-order valence-electron chi connectivity index (χ3n) is 2.45. The SMILES string of the molecule is CN(CCCCCBr)S(=O)(=O)c1cccnc1. The predicted octanol–water partition coefficient (Wildman–Crippen LogP) is 2.27. The van der Waals surface area contributed by atoms with E-state index >= 15 is 0 Å². The first-order valence-corrected chi connectivity index (χ1v) is 8.07. The molecule has 0 bridgehead atoms. The fourth-order valence-corrected chi connectivity index (χ4v) is 2.98. The highest BCUT2D eigenvalue weighted by atomic mass is 79.9. The minimum Gasteiger partial charge on any atom is -0.263 e. The monoisotopic (exact) mass is 320 g/mol. The zero-order valence-electron chi connectivity index (χ0n) is 9.84. The van der Waals surface area contributed by atoms with Gasteiger partial charge >= 0.3 is 0 Å². The quantitative estimate of drug-likeness (QED) is 0.572. The van der Waals surface area contributed by atoms with Gasteiger partial charge in [-0.3, -0.25) is 4.98 Å². The van der Waals surface area contributed by atoms with Crippen molar-refractivity contribution in [3.63, 3.8) is 0 Å². The average Bonchev–Trinajstić information content (AvgIpc) is 2.35. The molecule has 96 valence electrons. The van der Waals surface area contributed by atoms with E-state index in [1.807, 2.05) is 0 Å². The number of hydrogen-bond acceptors (Lipinski definition) is 3. The zero-order chi connectivity index (χ0) is 12.7. The van der Waals surface area contributed by atoms with Crippen LogP contribution in [0, 0.1) is 0 Å². The van der Waals surface area contributed by atoms with Crippen LogP contribution in [0.15, 0.2) is 29.4 Å². The second-order valence-corrected chi connectivity index (χ2v) is 6.60. The highest BCUT2D eigenvalue weighted by Gasteiger charge is 2.19. The van der Waals surface area contributed by atoms with Crippen LogP contribution < -0.4 is 0 Å². The number of pyridine rings is 1. The average molecular weight is 321 g/mol. The van der Waals surface area contributed by atoms with Crippen molar-refractivity contribution in [2.75, 3.05) is 18.9 Å². The third kappa shape index (κ3) is 4.37. The summed E-state index contributed by atoms with van der Waals surface area (Å²) in [6.07, 6.45) is 5.92. The van der Waals surface area contributed by atoms with Gasteiger partial charge in [0, 0.05) is 31.3 Å². The lowest BCUT2D eigenvalue weighted by Crippen LogP contribution is -2.28. The Morgan fingerprint density at radius 2 is 2.12 bits per heavy atom. The van der Waals surface area contributed by atoms with Gasteiger partial charge in [0.1, 0.15) is 4.90 Å². The van der Waals surface area contributed by atoms with Crippen LogP contribution in [-0.4, -0.2) is 36.6 Å². The van der Waals surface area contributed by atoms with Crippen LogP contribution in [0.5, 0.6) is 0 Å². The Morgan fingerprint density at radius 1 is 1.35 bits per heavy atom. The maximum Gasteiger partial charge on any atom is 0.244 e. The number of halogens is 1. The first-order valence-electron chi connectivity index (χ1n) is 5.51. The van der Waals surface area contributed by atoms with Crippen molar-refractivity contribution in [3.8, 4) is 0 Å². The summed E-state index contributed by atoms with van der Waals surface area (Å²) in [6, 6.07) is 3.20. The highest BCUT2D eigenvalue weighted by Crippen LogP contribution is 2.13. The molecule has 0 atom stereocenters. The summed E-state index contributed by atoms with van der Waals surface area (Å²) in [6.45, 7) is 0.546. The summed E-state index contributed by atoms with van der Waals surface area (Å²) < 4.78 is 25.5. The summed E-state index contributed by atoms with van der Waals surface area (Å²) in [7, 11) is -1.76. The van der Waals surface area contributed by atoms with Gasteiger partial charge in [0.25, 0.3) is 0 Å². The molecular formula is C11H17BrN2O2S. The van der Waals surface area contributed by atoms with Gasteiger partial charge in [-0.15, -0.1) is 0 Å². The van der Waals surface area contributed by atoms with Crippen molar-refractivity contribution in [3.05, 3.63) is 24.5 Å². The van der Waals surface area contributed by atoms with Gasteiger partial charge in [-0.05, 0) is 25.0 Å². The number of aromatic nitrogens is 1. The maximum absolute atomic E-state index is 12.1. The molecule has 0 saturated heterocycles. The largest absolute Gasteiger partial charge is 0.263 e. The Morgan fingerprint density at radius 3 is 2.71 bits per heavy atom. The molecule has 1 aromatic heterocycles. The molecule has 6 heteroatoms. The molecule has 0 amide bonds. The van der Waals surface area contributed by atoms with Gasteiger partial charge in [0.2, 0.25) is 10.0 Å². The van der Waals surface area contributed by atoms with Crippen LogP contribution in [0.3, 0.4) is 0 Å². The Kier molecular flexibility index (Phi) is 6.08. The van der Waals surface area contributed by atoms with Crippen LogP contribution >= 0.6 is 15.9 Å². The molecular weight excluding hydrogens is 304 g/mol. The molecule has 4 nitrogen and oxygen atoms in total. The van der Waals surface area contributed by atoms with Crippen LogP contribution in [0.1, 0.15) is 19.3 Å². The summed E-state index contributed by atoms with van der Waals surface area (Å²) >= 11 is 3.35. The molecule has 0 aromatic carbocycles. The number of unbranched alkanes of at least 4 members (excludes halogenated alkanes) is 2. The molecule has 1 rings (SSSR count). The standard InChI is InChI=1S/C11H17BrN2O2S/c1-14(9-4-2-3-7-12)17(15,16)11-6-5-8-13-10-11/h5-6,8,10H,2-4,7,9H2,1H3. The van der Waals surface area contributed by atoms with Crippen LogP contribution in [-0.2, 0) is 10.0 Å². The Bertz CT molecular complexity index is 422. The van der Waals surface area contributed by atoms with E-state index in [2.05, 4.69) is 20.9 Å². The van der Waals surface area contributed by atoms with Crippen molar-refractivity contribution in [2.24, 2.45) is 0 Å². The topological polar surface area (TPSA) is 50.3 Å². The minimum absolute atomic E-state index is 0.253. The van der Waals surface area contributed by atoms with Gasteiger partial charge in [0.15, 0.2) is 0 Å². The smallest absolute Gasteiger partial charge is 0.244 e. The van der Waals surface area contributed by atoms with Gasteiger partial charge in [0.05, 0.1) is 0 Å². The molecule has 0 fully saturated rings. The zero-order valence-corrected chi connectivity index (χ0v) is 12.2. The first kappa shape index (κ1) is 14.6. The number of sulfonamides is 1. The molecule has 0 spiro atoms. The summed E-state index contributed by atoms with van der Waals surface area (Å²) in [4.78, 5) is 4.08. The van der Waals surface area contributed by atoms with Crippen molar-refractivity contribution in [1.29, 1.82) is 0 Å². The lowest BCUT2D eigenvalue weighted by molar-refractivity contribution is 0.454. The third-order valence-corrected chi connectivity index (χ3v) is 4.85. The van der Waals surface area contributed by atoms with Crippen molar-refractivity contribution in [1.82, 2.24) is 9.29 Å². The molecule has 0 unspecified atom stereocenters. The minimum atomic E-state index is -3.37. The van der Waals surface area contributed by atoms with E-state index in [1.54, 1.807) is 25.4 Å². The molecule has 0 N–H and O–H groups in total. The second-order valence-electron chi connectivity index (χ2n) is 3.76. The van der Waals surface area contributed by atoms with Gasteiger partial charge in [-0.1, -0.05) is 22.4 Å². The fourth-order valence-electron chi connectivity index (χ4n) is 1.41. The lowest BCUT2D eigenvalue weighted by Gasteiger charge is -2.16. The molecule has 17 heavy (non-hydrogen) atoms. The van der Waals surface area contributed by atoms with Crippen molar-refractivity contribution >= 4 is 26.0 Å². The Hall–Kier alpha value is -0.460. The maximum atomic E-state index is 12.1. The van der Waals surface area contributed by atoms with Crippen LogP contribution in [0.2, 0.25) is 0 Å². The number of rotatable bonds is 7. The number of hydrogen-bond donors (Lipinski definition) is 0. The van der Waals surface area contributed by atoms with Gasteiger partial charge in [-0.2, -0.15) is 0 Å². The van der Waals surface area contributed by atoms with E-state index in [-0.39, 0.29) is 4.90 Å². The summed E-state index contributed by atoms with van der Waals surface area (Å²) in [5.74, 6) is 0. The van der Waals surface area contributed by atoms with Gasteiger partial charge < -0.3 is 0 Å². The van der Waals surface area contributed by atoms with Crippen LogP contribution in [0.4, 0.5) is 0 Å².